The van der Waals surface area contributed by atoms with E-state index in [2.05, 4.69) is 36.5 Å². The Morgan fingerprint density at radius 1 is 1.23 bits per heavy atom. The molecule has 0 saturated carbocycles. The molecule has 0 amide bonds. The van der Waals surface area contributed by atoms with Crippen LogP contribution in [0.3, 0.4) is 0 Å². The maximum atomic E-state index is 12.8. The molecule has 9 heteroatoms. The lowest BCUT2D eigenvalue weighted by molar-refractivity contribution is 0.137. The molecule has 114 valence electrons. The highest BCUT2D eigenvalue weighted by atomic mass is 79.9. The Hall–Kier alpha value is -2.29. The van der Waals surface area contributed by atoms with E-state index in [0.717, 1.165) is 8.99 Å². The van der Waals surface area contributed by atoms with Gasteiger partial charge in [-0.05, 0) is 40.2 Å². The molecule has 0 radical (unpaired) electrons. The fourth-order valence-electron chi connectivity index (χ4n) is 1.89. The van der Waals surface area contributed by atoms with E-state index in [-0.39, 0.29) is 5.65 Å². The molecule has 0 aliphatic carbocycles. The molecule has 0 aliphatic rings. The zero-order chi connectivity index (χ0) is 15.7. The Morgan fingerprint density at radius 3 is 2.77 bits per heavy atom. The number of nitrogens with zero attached hydrogens (tertiary/aromatic N) is 4. The largest absolute Gasteiger partial charge is 0.495 e. The normalized spacial score (nSPS) is 11.1. The van der Waals surface area contributed by atoms with E-state index in [4.69, 9.17) is 4.74 Å². The van der Waals surface area contributed by atoms with Crippen molar-refractivity contribution >= 4 is 33.1 Å². The van der Waals surface area contributed by atoms with Crippen LogP contribution >= 0.6 is 15.9 Å². The molecule has 2 heterocycles. The van der Waals surface area contributed by atoms with Gasteiger partial charge in [0.2, 0.25) is 5.82 Å². The van der Waals surface area contributed by atoms with Crippen molar-refractivity contribution in [1.29, 1.82) is 0 Å². The van der Waals surface area contributed by atoms with E-state index in [9.17, 15) is 8.78 Å². The number of halogens is 3. The molecular weight excluding hydrogens is 360 g/mol. The van der Waals surface area contributed by atoms with E-state index in [1.165, 1.54) is 0 Å². The van der Waals surface area contributed by atoms with Crippen molar-refractivity contribution < 1.29 is 13.5 Å². The number of nitrogens with one attached hydrogen (secondary N) is 1. The van der Waals surface area contributed by atoms with Crippen LogP contribution in [0.4, 0.5) is 20.3 Å². The second-order valence-corrected chi connectivity index (χ2v) is 5.18. The van der Waals surface area contributed by atoms with Crippen LogP contribution in [0.2, 0.25) is 0 Å². The van der Waals surface area contributed by atoms with Crippen LogP contribution in [0, 0.1) is 0 Å². The van der Waals surface area contributed by atoms with Gasteiger partial charge in [-0.1, -0.05) is 0 Å². The fraction of sp³-hybridized carbons (Fsp3) is 0.154. The molecule has 6 nitrogen and oxygen atoms in total. The van der Waals surface area contributed by atoms with E-state index in [1.807, 2.05) is 6.07 Å². The van der Waals surface area contributed by atoms with Crippen molar-refractivity contribution in [3.8, 4) is 5.75 Å². The molecule has 2 aromatic heterocycles. The number of fused-ring (bicyclic) bond motifs is 1. The predicted molar refractivity (Wildman–Crippen MR) is 79.7 cm³/mol. The number of methoxy groups -OCH3 is 1. The van der Waals surface area contributed by atoms with E-state index < -0.39 is 12.2 Å². The Balaban J connectivity index is 1.95. The van der Waals surface area contributed by atoms with Crippen LogP contribution in [0.15, 0.2) is 34.8 Å². The number of rotatable bonds is 4. The predicted octanol–water partition coefficient (Wildman–Crippen LogP) is 3.58. The van der Waals surface area contributed by atoms with Crippen LogP contribution in [0.5, 0.6) is 5.75 Å². The molecule has 0 spiro atoms. The molecule has 0 fully saturated rings. The number of hydrogen-bond acceptors (Lipinski definition) is 5. The summed E-state index contributed by atoms with van der Waals surface area (Å²) in [6.07, 6.45) is -2.74. The molecular formula is C13H10BrF2N5O. The lowest BCUT2D eigenvalue weighted by atomic mass is 10.3. The zero-order valence-corrected chi connectivity index (χ0v) is 12.9. The molecule has 3 aromatic rings. The van der Waals surface area contributed by atoms with E-state index in [1.54, 1.807) is 31.4 Å². The van der Waals surface area contributed by atoms with Gasteiger partial charge in [-0.2, -0.15) is 4.52 Å². The van der Waals surface area contributed by atoms with Gasteiger partial charge in [0, 0.05) is 11.8 Å². The Kier molecular flexibility index (Phi) is 3.88. The summed E-state index contributed by atoms with van der Waals surface area (Å²) < 4.78 is 32.7. The van der Waals surface area contributed by atoms with Crippen molar-refractivity contribution in [2.75, 3.05) is 12.4 Å². The van der Waals surface area contributed by atoms with Gasteiger partial charge in [0.25, 0.3) is 6.43 Å². The lowest BCUT2D eigenvalue weighted by Crippen LogP contribution is -2.03. The van der Waals surface area contributed by atoms with Crippen molar-refractivity contribution in [3.05, 3.63) is 40.6 Å². The summed E-state index contributed by atoms with van der Waals surface area (Å²) in [4.78, 5) is 0. The van der Waals surface area contributed by atoms with Gasteiger partial charge < -0.3 is 10.1 Å². The highest BCUT2D eigenvalue weighted by molar-refractivity contribution is 9.10. The maximum Gasteiger partial charge on any atom is 0.299 e. The molecule has 1 N–H and O–H groups in total. The van der Waals surface area contributed by atoms with Crippen molar-refractivity contribution in [3.63, 3.8) is 0 Å². The molecule has 0 atom stereocenters. The minimum atomic E-state index is -2.74. The van der Waals surface area contributed by atoms with Gasteiger partial charge in [-0.15, -0.1) is 15.3 Å². The van der Waals surface area contributed by atoms with Crippen LogP contribution in [0.1, 0.15) is 12.2 Å². The second kappa shape index (κ2) is 5.84. The molecule has 0 bridgehead atoms. The summed E-state index contributed by atoms with van der Waals surface area (Å²) in [5.74, 6) is 0.536. The number of alkyl halides is 2. The van der Waals surface area contributed by atoms with Gasteiger partial charge in [0.15, 0.2) is 11.5 Å². The number of aromatic nitrogens is 4. The first-order chi connectivity index (χ1) is 10.6. The van der Waals surface area contributed by atoms with Crippen molar-refractivity contribution in [1.82, 2.24) is 19.8 Å². The monoisotopic (exact) mass is 369 g/mol. The Labute approximate surface area is 132 Å². The van der Waals surface area contributed by atoms with Gasteiger partial charge in [0.05, 0.1) is 11.6 Å². The number of ether oxygens (including phenoxy) is 1. The average Bonchev–Trinajstić information content (AvgIpc) is 2.92. The summed E-state index contributed by atoms with van der Waals surface area (Å²) in [5, 5.41) is 14.2. The first-order valence-corrected chi connectivity index (χ1v) is 6.99. The summed E-state index contributed by atoms with van der Waals surface area (Å²) in [6, 6.07) is 8.57. The minimum absolute atomic E-state index is 0.259. The van der Waals surface area contributed by atoms with Gasteiger partial charge in [-0.25, -0.2) is 8.78 Å². The zero-order valence-electron chi connectivity index (χ0n) is 11.3. The third kappa shape index (κ3) is 2.71. The third-order valence-corrected chi connectivity index (χ3v) is 3.56. The Bertz CT molecular complexity index is 823. The van der Waals surface area contributed by atoms with Gasteiger partial charge in [0.1, 0.15) is 5.75 Å². The van der Waals surface area contributed by atoms with Crippen molar-refractivity contribution in [2.45, 2.75) is 6.43 Å². The highest BCUT2D eigenvalue weighted by Gasteiger charge is 2.17. The minimum Gasteiger partial charge on any atom is -0.495 e. The standard InChI is InChI=1S/C13H10BrF2N5O/c1-22-9-6-7(2-3-8(9)14)17-10-4-5-11-18-19-13(12(15)16)21(11)20-10/h2-6,12H,1H3,(H,17,20). The fourth-order valence-corrected chi connectivity index (χ4v) is 2.30. The average molecular weight is 370 g/mol. The number of anilines is 2. The number of hydrogen-bond donors (Lipinski definition) is 1. The van der Waals surface area contributed by atoms with E-state index >= 15 is 0 Å². The smallest absolute Gasteiger partial charge is 0.299 e. The maximum absolute atomic E-state index is 12.8. The SMILES string of the molecule is COc1cc(Nc2ccc3nnc(C(F)F)n3n2)ccc1Br. The summed E-state index contributed by atoms with van der Waals surface area (Å²) in [5.41, 5.74) is 0.966. The van der Waals surface area contributed by atoms with Crippen LogP contribution in [-0.2, 0) is 0 Å². The van der Waals surface area contributed by atoms with Crippen molar-refractivity contribution in [2.24, 2.45) is 0 Å². The van der Waals surface area contributed by atoms with Gasteiger partial charge >= 0.3 is 0 Å². The molecule has 0 unspecified atom stereocenters. The lowest BCUT2D eigenvalue weighted by Gasteiger charge is -2.09. The third-order valence-electron chi connectivity index (χ3n) is 2.91. The quantitative estimate of drug-likeness (QED) is 0.761. The topological polar surface area (TPSA) is 64.3 Å². The molecule has 1 aromatic carbocycles. The molecule has 3 rings (SSSR count). The first-order valence-electron chi connectivity index (χ1n) is 6.19. The van der Waals surface area contributed by atoms with Crippen LogP contribution in [0.25, 0.3) is 5.65 Å². The van der Waals surface area contributed by atoms with E-state index in [0.29, 0.717) is 17.3 Å². The van der Waals surface area contributed by atoms with Gasteiger partial charge in [-0.3, -0.25) is 0 Å². The first kappa shape index (κ1) is 14.6. The van der Waals surface area contributed by atoms with Crippen LogP contribution < -0.4 is 10.1 Å². The Morgan fingerprint density at radius 2 is 2.05 bits per heavy atom. The molecule has 0 aliphatic heterocycles. The number of benzene rings is 1. The second-order valence-electron chi connectivity index (χ2n) is 4.32. The summed E-state index contributed by atoms with van der Waals surface area (Å²) >= 11 is 3.36. The molecule has 0 saturated heterocycles. The highest BCUT2D eigenvalue weighted by Crippen LogP contribution is 2.29. The summed E-state index contributed by atoms with van der Waals surface area (Å²) in [6.45, 7) is 0. The molecule has 22 heavy (non-hydrogen) atoms. The van der Waals surface area contributed by atoms with Crippen LogP contribution in [-0.4, -0.2) is 26.9 Å². The summed E-state index contributed by atoms with van der Waals surface area (Å²) in [7, 11) is 1.56.